The van der Waals surface area contributed by atoms with Gasteiger partial charge in [-0.15, -0.1) is 0 Å². The van der Waals surface area contributed by atoms with Crippen molar-refractivity contribution in [2.75, 3.05) is 0 Å². The molecule has 0 spiro atoms. The van der Waals surface area contributed by atoms with Crippen molar-refractivity contribution in [1.82, 2.24) is 9.97 Å². The van der Waals surface area contributed by atoms with Gasteiger partial charge in [0.2, 0.25) is 0 Å². The molecule has 3 aromatic rings. The van der Waals surface area contributed by atoms with Crippen LogP contribution in [0.1, 0.15) is 28.6 Å². The molecule has 2 aromatic carbocycles. The van der Waals surface area contributed by atoms with Crippen LogP contribution < -0.4 is 5.14 Å². The summed E-state index contributed by atoms with van der Waals surface area (Å²) in [7, 11) is -4.03. The number of H-pyrrole nitrogens is 1. The van der Waals surface area contributed by atoms with Gasteiger partial charge in [0, 0.05) is 0 Å². The van der Waals surface area contributed by atoms with Gasteiger partial charge < -0.3 is 4.98 Å². The van der Waals surface area contributed by atoms with Crippen LogP contribution >= 0.6 is 23.2 Å². The minimum Gasteiger partial charge on any atom is -0.331 e. The molecule has 5 nitrogen and oxygen atoms in total. The highest BCUT2D eigenvalue weighted by molar-refractivity contribution is 7.89. The molecule has 1 aromatic heterocycles. The topological polar surface area (TPSA) is 88.8 Å². The smallest absolute Gasteiger partial charge is 0.255 e. The quantitative estimate of drug-likeness (QED) is 0.650. The third kappa shape index (κ3) is 3.98. The van der Waals surface area contributed by atoms with E-state index in [1.54, 1.807) is 0 Å². The SMILES string of the molecule is Cc1nc(C(c2ccc(F)c(Cl)c2)c2ccc(F)c(Cl)c2)[nH]c1S(N)(=O)=O. The van der Waals surface area contributed by atoms with Crippen LogP contribution in [0.5, 0.6) is 0 Å². The first-order valence-corrected chi connectivity index (χ1v) is 9.87. The molecule has 0 unspecified atom stereocenters. The number of nitrogens with two attached hydrogens (primary N) is 1. The highest BCUT2D eigenvalue weighted by Gasteiger charge is 2.26. The summed E-state index contributed by atoms with van der Waals surface area (Å²) in [4.78, 5) is 6.93. The highest BCUT2D eigenvalue weighted by atomic mass is 35.5. The zero-order valence-electron chi connectivity index (χ0n) is 13.8. The van der Waals surface area contributed by atoms with Crippen LogP contribution in [-0.2, 0) is 10.0 Å². The maximum absolute atomic E-state index is 13.6. The first-order chi connectivity index (χ1) is 12.6. The first-order valence-electron chi connectivity index (χ1n) is 7.57. The number of primary sulfonamides is 1. The zero-order valence-corrected chi connectivity index (χ0v) is 16.1. The number of benzene rings is 2. The molecule has 0 fully saturated rings. The summed E-state index contributed by atoms with van der Waals surface area (Å²) in [6.45, 7) is 1.48. The minimum absolute atomic E-state index is 0.124. The number of sulfonamides is 1. The van der Waals surface area contributed by atoms with Crippen LogP contribution in [0.2, 0.25) is 10.0 Å². The number of halogens is 4. The lowest BCUT2D eigenvalue weighted by Crippen LogP contribution is -2.14. The van der Waals surface area contributed by atoms with Gasteiger partial charge in [0.25, 0.3) is 10.0 Å². The number of hydrogen-bond acceptors (Lipinski definition) is 3. The van der Waals surface area contributed by atoms with Crippen LogP contribution in [-0.4, -0.2) is 18.4 Å². The number of nitrogens with zero attached hydrogens (tertiary/aromatic N) is 1. The largest absolute Gasteiger partial charge is 0.331 e. The Morgan fingerprint density at radius 2 is 1.52 bits per heavy atom. The van der Waals surface area contributed by atoms with Gasteiger partial charge in [-0.1, -0.05) is 35.3 Å². The Hall–Kier alpha value is -2.00. The Balaban J connectivity index is 2.24. The Kier molecular flexibility index (Phi) is 5.27. The summed E-state index contributed by atoms with van der Waals surface area (Å²) in [6, 6.07) is 8.05. The number of aromatic nitrogens is 2. The second-order valence-corrected chi connectivity index (χ2v) is 8.17. The van der Waals surface area contributed by atoms with E-state index in [0.717, 1.165) is 0 Å². The molecule has 0 radical (unpaired) electrons. The molecule has 0 aliphatic carbocycles. The third-order valence-corrected chi connectivity index (χ3v) is 5.52. The van der Waals surface area contributed by atoms with E-state index in [-0.39, 0.29) is 26.6 Å². The normalized spacial score (nSPS) is 12.0. The van der Waals surface area contributed by atoms with E-state index in [2.05, 4.69) is 9.97 Å². The lowest BCUT2D eigenvalue weighted by atomic mass is 9.90. The number of imidazole rings is 1. The standard InChI is InChI=1S/C17H13Cl2F2N3O2S/c1-8-17(27(22,25)26)24-16(23-8)15(9-2-4-13(20)11(18)6-9)10-3-5-14(21)12(19)7-10/h2-7,15H,1H3,(H,23,24)(H2,22,25,26). The molecule has 3 rings (SSSR count). The van der Waals surface area contributed by atoms with Crippen molar-refractivity contribution < 1.29 is 17.2 Å². The van der Waals surface area contributed by atoms with E-state index in [1.807, 2.05) is 0 Å². The summed E-state index contributed by atoms with van der Waals surface area (Å²) in [5.74, 6) is -1.73. The van der Waals surface area contributed by atoms with Crippen molar-refractivity contribution in [2.45, 2.75) is 17.9 Å². The lowest BCUT2D eigenvalue weighted by Gasteiger charge is -2.17. The van der Waals surface area contributed by atoms with Crippen LogP contribution in [0.3, 0.4) is 0 Å². The molecule has 10 heteroatoms. The van der Waals surface area contributed by atoms with E-state index in [1.165, 1.54) is 43.3 Å². The fourth-order valence-corrected chi connectivity index (χ4v) is 3.85. The third-order valence-electron chi connectivity index (χ3n) is 3.97. The number of nitrogens with one attached hydrogen (secondary N) is 1. The molecule has 142 valence electrons. The van der Waals surface area contributed by atoms with E-state index in [9.17, 15) is 17.2 Å². The summed E-state index contributed by atoms with van der Waals surface area (Å²) in [5.41, 5.74) is 1.16. The Morgan fingerprint density at radius 3 is 1.89 bits per heavy atom. The molecule has 0 atom stereocenters. The van der Waals surface area contributed by atoms with Gasteiger partial charge in [-0.2, -0.15) is 0 Å². The summed E-state index contributed by atoms with van der Waals surface area (Å²) in [5, 5.41) is 4.70. The second-order valence-electron chi connectivity index (χ2n) is 5.86. The molecule has 0 aliphatic heterocycles. The van der Waals surface area contributed by atoms with E-state index in [4.69, 9.17) is 28.3 Å². The molecular formula is C17H13Cl2F2N3O2S. The van der Waals surface area contributed by atoms with Gasteiger partial charge >= 0.3 is 0 Å². The predicted octanol–water partition coefficient (Wildman–Crippen LogP) is 4.13. The van der Waals surface area contributed by atoms with Crippen molar-refractivity contribution >= 4 is 33.2 Å². The van der Waals surface area contributed by atoms with Crippen molar-refractivity contribution in [2.24, 2.45) is 5.14 Å². The van der Waals surface area contributed by atoms with Gasteiger partial charge in [0.05, 0.1) is 21.7 Å². The van der Waals surface area contributed by atoms with Gasteiger partial charge in [-0.25, -0.2) is 27.3 Å². The monoisotopic (exact) mass is 431 g/mol. The lowest BCUT2D eigenvalue weighted by molar-refractivity contribution is 0.593. The van der Waals surface area contributed by atoms with Crippen molar-refractivity contribution in [3.8, 4) is 0 Å². The van der Waals surface area contributed by atoms with Crippen LogP contribution in [0.25, 0.3) is 0 Å². The molecule has 27 heavy (non-hydrogen) atoms. The average molecular weight is 432 g/mol. The number of aryl methyl sites for hydroxylation is 1. The van der Waals surface area contributed by atoms with Crippen LogP contribution in [0, 0.1) is 18.6 Å². The molecule has 0 saturated heterocycles. The van der Waals surface area contributed by atoms with Crippen molar-refractivity contribution in [3.05, 3.63) is 80.7 Å². The Bertz CT molecular complexity index is 1080. The van der Waals surface area contributed by atoms with Crippen LogP contribution in [0.4, 0.5) is 8.78 Å². The molecule has 0 aliphatic rings. The maximum atomic E-state index is 13.6. The molecule has 1 heterocycles. The van der Waals surface area contributed by atoms with Gasteiger partial charge in [0.15, 0.2) is 5.03 Å². The molecule has 0 amide bonds. The fourth-order valence-electron chi connectivity index (χ4n) is 2.77. The number of hydrogen-bond donors (Lipinski definition) is 2. The van der Waals surface area contributed by atoms with Crippen LogP contribution in [0.15, 0.2) is 41.4 Å². The predicted molar refractivity (Wildman–Crippen MR) is 98.5 cm³/mol. The summed E-state index contributed by atoms with van der Waals surface area (Å²) >= 11 is 11.8. The molecular weight excluding hydrogens is 419 g/mol. The summed E-state index contributed by atoms with van der Waals surface area (Å²) < 4.78 is 50.6. The molecule has 0 bridgehead atoms. The fraction of sp³-hybridized carbons (Fsp3) is 0.118. The van der Waals surface area contributed by atoms with E-state index >= 15 is 0 Å². The average Bonchev–Trinajstić information content (AvgIpc) is 2.96. The minimum atomic E-state index is -4.03. The van der Waals surface area contributed by atoms with Gasteiger partial charge in [-0.05, 0) is 42.3 Å². The molecule has 0 saturated carbocycles. The van der Waals surface area contributed by atoms with Crippen molar-refractivity contribution in [1.29, 1.82) is 0 Å². The maximum Gasteiger partial charge on any atom is 0.255 e. The second kappa shape index (κ2) is 7.20. The van der Waals surface area contributed by atoms with Gasteiger partial charge in [-0.3, -0.25) is 0 Å². The first kappa shape index (κ1) is 19.8. The van der Waals surface area contributed by atoms with Crippen molar-refractivity contribution in [3.63, 3.8) is 0 Å². The summed E-state index contributed by atoms with van der Waals surface area (Å²) in [6.07, 6.45) is 0. The highest BCUT2D eigenvalue weighted by Crippen LogP contribution is 2.34. The molecule has 3 N–H and O–H groups in total. The number of rotatable bonds is 4. The number of aromatic amines is 1. The van der Waals surface area contributed by atoms with E-state index in [0.29, 0.717) is 11.1 Å². The van der Waals surface area contributed by atoms with E-state index < -0.39 is 27.6 Å². The Morgan fingerprint density at radius 1 is 1.04 bits per heavy atom. The van der Waals surface area contributed by atoms with Gasteiger partial charge in [0.1, 0.15) is 17.5 Å². The Labute approximate surface area is 164 Å². The zero-order chi connectivity index (χ0) is 19.9.